The van der Waals surface area contributed by atoms with Crippen LogP contribution in [0.5, 0.6) is 23.0 Å². The first-order valence-corrected chi connectivity index (χ1v) is 8.63. The van der Waals surface area contributed by atoms with Crippen molar-refractivity contribution in [1.82, 2.24) is 0 Å². The van der Waals surface area contributed by atoms with Crippen molar-refractivity contribution in [1.29, 1.82) is 0 Å². The van der Waals surface area contributed by atoms with E-state index in [1.165, 1.54) is 0 Å². The lowest BCUT2D eigenvalue weighted by molar-refractivity contribution is -0.116. The molecule has 5 heteroatoms. The van der Waals surface area contributed by atoms with Gasteiger partial charge in [0.25, 0.3) is 0 Å². The number of rotatable bonds is 8. The number of hydrogen-bond acceptors (Lipinski definition) is 4. The Bertz CT molecular complexity index is 863. The van der Waals surface area contributed by atoms with E-state index in [4.69, 9.17) is 14.2 Å². The minimum Gasteiger partial charge on any atom is -0.493 e. The summed E-state index contributed by atoms with van der Waals surface area (Å²) in [6.07, 6.45) is 0.236. The van der Waals surface area contributed by atoms with Crippen LogP contribution in [0, 0.1) is 0 Å². The number of carbonyl (C=O) groups is 1. The van der Waals surface area contributed by atoms with E-state index in [1.807, 2.05) is 66.7 Å². The lowest BCUT2D eigenvalue weighted by Crippen LogP contribution is -2.15. The molecule has 0 fully saturated rings. The van der Waals surface area contributed by atoms with E-state index in [0.717, 1.165) is 5.75 Å². The van der Waals surface area contributed by atoms with Crippen molar-refractivity contribution in [2.75, 3.05) is 19.0 Å². The monoisotopic (exact) mass is 363 g/mol. The highest BCUT2D eigenvalue weighted by Crippen LogP contribution is 2.26. The maximum Gasteiger partial charge on any atom is 0.227 e. The molecule has 0 aromatic heterocycles. The predicted octanol–water partition coefficient (Wildman–Crippen LogP) is 4.90. The van der Waals surface area contributed by atoms with E-state index in [9.17, 15) is 4.79 Å². The van der Waals surface area contributed by atoms with E-state index >= 15 is 0 Å². The molecule has 0 aliphatic carbocycles. The van der Waals surface area contributed by atoms with Gasteiger partial charge in [0.1, 0.15) is 11.5 Å². The van der Waals surface area contributed by atoms with Gasteiger partial charge in [-0.05, 0) is 48.5 Å². The summed E-state index contributed by atoms with van der Waals surface area (Å²) < 4.78 is 16.6. The molecule has 3 aromatic rings. The molecule has 3 aromatic carbocycles. The third kappa shape index (κ3) is 5.51. The number of hydrogen-bond donors (Lipinski definition) is 1. The number of amides is 1. The Hall–Kier alpha value is -3.47. The molecule has 3 rings (SSSR count). The highest BCUT2D eigenvalue weighted by molar-refractivity contribution is 5.90. The second-order valence-corrected chi connectivity index (χ2v) is 5.74. The Morgan fingerprint density at radius 3 is 2.15 bits per heavy atom. The van der Waals surface area contributed by atoms with E-state index in [0.29, 0.717) is 22.9 Å². The fourth-order valence-corrected chi connectivity index (χ4v) is 2.45. The van der Waals surface area contributed by atoms with E-state index < -0.39 is 0 Å². The van der Waals surface area contributed by atoms with Crippen LogP contribution in [0.25, 0.3) is 0 Å². The second-order valence-electron chi connectivity index (χ2n) is 5.74. The van der Waals surface area contributed by atoms with Crippen molar-refractivity contribution in [3.05, 3.63) is 78.9 Å². The number of para-hydroxylation sites is 3. The largest absolute Gasteiger partial charge is 0.493 e. The van der Waals surface area contributed by atoms with Crippen molar-refractivity contribution in [3.63, 3.8) is 0 Å². The summed E-state index contributed by atoms with van der Waals surface area (Å²) in [7, 11) is 1.58. The maximum absolute atomic E-state index is 12.1. The van der Waals surface area contributed by atoms with Crippen LogP contribution < -0.4 is 19.5 Å². The molecule has 0 aliphatic heterocycles. The van der Waals surface area contributed by atoms with Gasteiger partial charge in [-0.2, -0.15) is 0 Å². The Morgan fingerprint density at radius 2 is 1.44 bits per heavy atom. The topological polar surface area (TPSA) is 56.8 Å². The summed E-state index contributed by atoms with van der Waals surface area (Å²) in [5.41, 5.74) is 0.706. The highest BCUT2D eigenvalue weighted by Gasteiger charge is 2.06. The van der Waals surface area contributed by atoms with Crippen LogP contribution in [-0.2, 0) is 4.79 Å². The number of carbonyl (C=O) groups excluding carboxylic acids is 1. The number of nitrogens with one attached hydrogen (secondary N) is 1. The number of anilines is 1. The average Bonchev–Trinajstić information content (AvgIpc) is 2.71. The Labute approximate surface area is 158 Å². The van der Waals surface area contributed by atoms with Crippen molar-refractivity contribution >= 4 is 11.6 Å². The zero-order valence-electron chi connectivity index (χ0n) is 15.1. The second kappa shape index (κ2) is 9.29. The molecular weight excluding hydrogens is 342 g/mol. The van der Waals surface area contributed by atoms with Gasteiger partial charge in [0.2, 0.25) is 5.91 Å². The molecule has 0 radical (unpaired) electrons. The standard InChI is InChI=1S/C22H21NO4/c1-25-20-9-5-6-10-21(20)26-16-15-22(24)23-17-11-13-19(14-12-17)27-18-7-3-2-4-8-18/h2-14H,15-16H2,1H3,(H,23,24). The van der Waals surface area contributed by atoms with Gasteiger partial charge in [-0.25, -0.2) is 0 Å². The molecule has 0 unspecified atom stereocenters. The summed E-state index contributed by atoms with van der Waals surface area (Å²) in [5, 5.41) is 2.84. The molecule has 0 spiro atoms. The molecule has 5 nitrogen and oxygen atoms in total. The Balaban J connectivity index is 1.46. The van der Waals surface area contributed by atoms with Crippen LogP contribution in [0.3, 0.4) is 0 Å². The van der Waals surface area contributed by atoms with Gasteiger partial charge in [0, 0.05) is 5.69 Å². The van der Waals surface area contributed by atoms with Gasteiger partial charge in [0.15, 0.2) is 11.5 Å². The van der Waals surface area contributed by atoms with Gasteiger partial charge in [-0.15, -0.1) is 0 Å². The van der Waals surface area contributed by atoms with Crippen LogP contribution in [0.2, 0.25) is 0 Å². The number of methoxy groups -OCH3 is 1. The summed E-state index contributed by atoms with van der Waals surface area (Å²) in [5.74, 6) is 2.62. The summed E-state index contributed by atoms with van der Waals surface area (Å²) >= 11 is 0. The smallest absolute Gasteiger partial charge is 0.227 e. The van der Waals surface area contributed by atoms with Gasteiger partial charge in [0.05, 0.1) is 20.1 Å². The third-order valence-corrected chi connectivity index (χ3v) is 3.77. The van der Waals surface area contributed by atoms with Gasteiger partial charge in [-0.1, -0.05) is 30.3 Å². The third-order valence-electron chi connectivity index (χ3n) is 3.77. The van der Waals surface area contributed by atoms with Gasteiger partial charge >= 0.3 is 0 Å². The molecular formula is C22H21NO4. The summed E-state index contributed by atoms with van der Waals surface area (Å²) in [6, 6.07) is 24.1. The first-order chi connectivity index (χ1) is 13.2. The van der Waals surface area contributed by atoms with Crippen LogP contribution in [0.4, 0.5) is 5.69 Å². The van der Waals surface area contributed by atoms with Gasteiger partial charge in [-0.3, -0.25) is 4.79 Å². The molecule has 0 saturated carbocycles. The molecule has 27 heavy (non-hydrogen) atoms. The van der Waals surface area contributed by atoms with Crippen LogP contribution >= 0.6 is 0 Å². The van der Waals surface area contributed by atoms with Gasteiger partial charge < -0.3 is 19.5 Å². The number of benzene rings is 3. The zero-order valence-corrected chi connectivity index (χ0v) is 15.1. The number of ether oxygens (including phenoxy) is 3. The van der Waals surface area contributed by atoms with Crippen molar-refractivity contribution < 1.29 is 19.0 Å². The molecule has 0 atom stereocenters. The fraction of sp³-hybridized carbons (Fsp3) is 0.136. The molecule has 138 valence electrons. The van der Waals surface area contributed by atoms with Crippen molar-refractivity contribution in [2.45, 2.75) is 6.42 Å². The van der Waals surface area contributed by atoms with E-state index in [-0.39, 0.29) is 18.9 Å². The van der Waals surface area contributed by atoms with Crippen molar-refractivity contribution in [3.8, 4) is 23.0 Å². The van der Waals surface area contributed by atoms with Crippen molar-refractivity contribution in [2.24, 2.45) is 0 Å². The highest BCUT2D eigenvalue weighted by atomic mass is 16.5. The first kappa shape index (κ1) is 18.3. The lowest BCUT2D eigenvalue weighted by Gasteiger charge is -2.11. The molecule has 0 heterocycles. The molecule has 1 amide bonds. The average molecular weight is 363 g/mol. The molecule has 1 N–H and O–H groups in total. The Kier molecular flexibility index (Phi) is 6.30. The minimum absolute atomic E-state index is 0.123. The quantitative estimate of drug-likeness (QED) is 0.619. The Morgan fingerprint density at radius 1 is 0.815 bits per heavy atom. The molecule has 0 bridgehead atoms. The van der Waals surface area contributed by atoms with E-state index in [2.05, 4.69) is 5.32 Å². The zero-order chi connectivity index (χ0) is 18.9. The van der Waals surface area contributed by atoms with Crippen LogP contribution in [0.1, 0.15) is 6.42 Å². The summed E-state index contributed by atoms with van der Waals surface area (Å²) in [4.78, 5) is 12.1. The maximum atomic E-state index is 12.1. The molecule has 0 saturated heterocycles. The van der Waals surface area contributed by atoms with Crippen LogP contribution in [0.15, 0.2) is 78.9 Å². The summed E-state index contributed by atoms with van der Waals surface area (Å²) in [6.45, 7) is 0.265. The SMILES string of the molecule is COc1ccccc1OCCC(=O)Nc1ccc(Oc2ccccc2)cc1. The van der Waals surface area contributed by atoms with Crippen LogP contribution in [-0.4, -0.2) is 19.6 Å². The predicted molar refractivity (Wildman–Crippen MR) is 105 cm³/mol. The minimum atomic E-state index is -0.123. The van der Waals surface area contributed by atoms with E-state index in [1.54, 1.807) is 19.2 Å². The molecule has 0 aliphatic rings. The normalized spacial score (nSPS) is 10.1. The first-order valence-electron chi connectivity index (χ1n) is 8.63. The fourth-order valence-electron chi connectivity index (χ4n) is 2.45. The lowest BCUT2D eigenvalue weighted by atomic mass is 10.3.